The van der Waals surface area contributed by atoms with Crippen molar-refractivity contribution in [2.45, 2.75) is 13.3 Å². The summed E-state index contributed by atoms with van der Waals surface area (Å²) in [5, 5.41) is 11.8. The van der Waals surface area contributed by atoms with Crippen LogP contribution in [0.3, 0.4) is 0 Å². The van der Waals surface area contributed by atoms with Gasteiger partial charge >= 0.3 is 12.0 Å². The Labute approximate surface area is 129 Å². The van der Waals surface area contributed by atoms with E-state index in [-0.39, 0.29) is 24.4 Å². The summed E-state index contributed by atoms with van der Waals surface area (Å²) in [4.78, 5) is 35.0. The molecule has 2 heterocycles. The number of rotatable bonds is 3. The second-order valence-electron chi connectivity index (χ2n) is 5.84. The van der Waals surface area contributed by atoms with Crippen molar-refractivity contribution < 1.29 is 14.7 Å². The van der Waals surface area contributed by atoms with Crippen LogP contribution in [0.5, 0.6) is 0 Å². The first-order chi connectivity index (χ1) is 10.4. The van der Waals surface area contributed by atoms with Gasteiger partial charge in [0.15, 0.2) is 0 Å². The largest absolute Gasteiger partial charge is 0.481 e. The number of aliphatic carboxylic acids is 1. The molecule has 120 valence electrons. The van der Waals surface area contributed by atoms with Crippen molar-refractivity contribution in [3.8, 4) is 0 Å². The zero-order chi connectivity index (χ0) is 16.3. The zero-order valence-electron chi connectivity index (χ0n) is 13.0. The van der Waals surface area contributed by atoms with Gasteiger partial charge in [0.1, 0.15) is 5.82 Å². The van der Waals surface area contributed by atoms with Crippen LogP contribution in [0.2, 0.25) is 0 Å². The molecule has 0 aromatic carbocycles. The highest BCUT2D eigenvalue weighted by Gasteiger charge is 2.32. The molecule has 2 atom stereocenters. The number of hydrogen-bond acceptors (Lipinski definition) is 5. The van der Waals surface area contributed by atoms with E-state index < -0.39 is 11.9 Å². The number of carboxylic acid groups (broad SMARTS) is 1. The fourth-order valence-corrected chi connectivity index (χ4v) is 2.53. The maximum absolute atomic E-state index is 12.3. The first-order valence-electron chi connectivity index (χ1n) is 7.16. The molecule has 0 aliphatic carbocycles. The van der Waals surface area contributed by atoms with E-state index in [2.05, 4.69) is 15.3 Å². The van der Waals surface area contributed by atoms with E-state index in [1.807, 2.05) is 21.0 Å². The number of urea groups is 1. The quantitative estimate of drug-likeness (QED) is 0.868. The van der Waals surface area contributed by atoms with Crippen LogP contribution in [0.25, 0.3) is 0 Å². The van der Waals surface area contributed by atoms with Crippen molar-refractivity contribution in [2.75, 3.05) is 37.4 Å². The van der Waals surface area contributed by atoms with Crippen molar-refractivity contribution in [2.24, 2.45) is 11.8 Å². The Bertz CT molecular complexity index is 563. The van der Waals surface area contributed by atoms with E-state index in [9.17, 15) is 9.59 Å². The number of piperidine rings is 1. The van der Waals surface area contributed by atoms with Crippen molar-refractivity contribution in [1.29, 1.82) is 0 Å². The highest BCUT2D eigenvalue weighted by Crippen LogP contribution is 2.22. The first-order valence-corrected chi connectivity index (χ1v) is 7.16. The van der Waals surface area contributed by atoms with Crippen LogP contribution in [0, 0.1) is 11.8 Å². The summed E-state index contributed by atoms with van der Waals surface area (Å²) in [6.45, 7) is 2.68. The normalized spacial score (nSPS) is 21.3. The van der Waals surface area contributed by atoms with Gasteiger partial charge in [-0.15, -0.1) is 0 Å². The summed E-state index contributed by atoms with van der Waals surface area (Å²) in [5.41, 5.74) is 0. The molecule has 1 fully saturated rings. The van der Waals surface area contributed by atoms with Gasteiger partial charge in [0.25, 0.3) is 0 Å². The smallest absolute Gasteiger partial charge is 0.324 e. The highest BCUT2D eigenvalue weighted by molar-refractivity contribution is 5.88. The number of anilines is 2. The molecule has 22 heavy (non-hydrogen) atoms. The number of carboxylic acids is 1. The van der Waals surface area contributed by atoms with Gasteiger partial charge in [0.2, 0.25) is 5.95 Å². The second kappa shape index (κ2) is 6.59. The summed E-state index contributed by atoms with van der Waals surface area (Å²) < 4.78 is 0. The van der Waals surface area contributed by atoms with E-state index in [1.165, 1.54) is 4.90 Å². The van der Waals surface area contributed by atoms with Crippen LogP contribution in [-0.2, 0) is 4.79 Å². The number of amides is 2. The number of aromatic nitrogens is 2. The molecule has 0 radical (unpaired) electrons. The van der Waals surface area contributed by atoms with Gasteiger partial charge in [-0.1, -0.05) is 6.92 Å². The molecule has 2 amide bonds. The van der Waals surface area contributed by atoms with Crippen molar-refractivity contribution in [1.82, 2.24) is 14.9 Å². The standard InChI is InChI=1S/C14H21N5O3/c1-9-6-10(12(20)21)8-19(7-9)14(22)17-13-15-5-4-11(16-13)18(2)3/h4-5,9-10H,6-8H2,1-3H3,(H,20,21)(H,15,16,17,22). The molecule has 2 N–H and O–H groups in total. The fraction of sp³-hybridized carbons (Fsp3) is 0.571. The first kappa shape index (κ1) is 16.0. The number of likely N-dealkylation sites (tertiary alicyclic amines) is 1. The lowest BCUT2D eigenvalue weighted by atomic mass is 9.91. The molecule has 1 aliphatic heterocycles. The van der Waals surface area contributed by atoms with E-state index in [1.54, 1.807) is 17.2 Å². The van der Waals surface area contributed by atoms with Gasteiger partial charge in [-0.25, -0.2) is 9.78 Å². The molecule has 8 nitrogen and oxygen atoms in total. The SMILES string of the molecule is CC1CC(C(=O)O)CN(C(=O)Nc2nccc(N(C)C)n2)C1. The average Bonchev–Trinajstić information content (AvgIpc) is 2.46. The van der Waals surface area contributed by atoms with Crippen LogP contribution >= 0.6 is 0 Å². The lowest BCUT2D eigenvalue weighted by Gasteiger charge is -2.34. The van der Waals surface area contributed by atoms with Crippen LogP contribution in [-0.4, -0.2) is 59.2 Å². The van der Waals surface area contributed by atoms with Crippen molar-refractivity contribution >= 4 is 23.8 Å². The van der Waals surface area contributed by atoms with E-state index >= 15 is 0 Å². The Kier molecular flexibility index (Phi) is 4.79. The molecule has 1 aromatic rings. The fourth-order valence-electron chi connectivity index (χ4n) is 2.53. The van der Waals surface area contributed by atoms with Gasteiger partial charge in [0.05, 0.1) is 5.92 Å². The molecule has 8 heteroatoms. The third kappa shape index (κ3) is 3.84. The summed E-state index contributed by atoms with van der Waals surface area (Å²) in [7, 11) is 3.69. The van der Waals surface area contributed by atoms with E-state index in [0.29, 0.717) is 18.8 Å². The van der Waals surface area contributed by atoms with Crippen LogP contribution in [0.1, 0.15) is 13.3 Å². The number of hydrogen-bond donors (Lipinski definition) is 2. The third-order valence-electron chi connectivity index (χ3n) is 3.61. The molecule has 1 aliphatic rings. The predicted octanol–water partition coefficient (Wildman–Crippen LogP) is 1.12. The minimum Gasteiger partial charge on any atom is -0.481 e. The van der Waals surface area contributed by atoms with Gasteiger partial charge in [-0.3, -0.25) is 10.1 Å². The molecular weight excluding hydrogens is 286 g/mol. The topological polar surface area (TPSA) is 98.7 Å². The monoisotopic (exact) mass is 307 g/mol. The van der Waals surface area contributed by atoms with Crippen LogP contribution in [0.15, 0.2) is 12.3 Å². The van der Waals surface area contributed by atoms with Gasteiger partial charge in [-0.2, -0.15) is 4.98 Å². The predicted molar refractivity (Wildman–Crippen MR) is 81.9 cm³/mol. The average molecular weight is 307 g/mol. The minimum atomic E-state index is -0.866. The minimum absolute atomic E-state index is 0.148. The Morgan fingerprint density at radius 1 is 1.41 bits per heavy atom. The molecular formula is C14H21N5O3. The Morgan fingerprint density at radius 3 is 2.77 bits per heavy atom. The Hall–Kier alpha value is -2.38. The number of carbonyl (C=O) groups is 2. The summed E-state index contributed by atoms with van der Waals surface area (Å²) in [6, 6.07) is 1.37. The molecule has 0 saturated carbocycles. The maximum Gasteiger partial charge on any atom is 0.324 e. The van der Waals surface area contributed by atoms with E-state index in [4.69, 9.17) is 5.11 Å². The third-order valence-corrected chi connectivity index (χ3v) is 3.61. The second-order valence-corrected chi connectivity index (χ2v) is 5.84. The molecule has 0 spiro atoms. The molecule has 1 aromatic heterocycles. The number of nitrogens with zero attached hydrogens (tertiary/aromatic N) is 4. The van der Waals surface area contributed by atoms with Crippen molar-refractivity contribution in [3.63, 3.8) is 0 Å². The van der Waals surface area contributed by atoms with Gasteiger partial charge in [-0.05, 0) is 18.4 Å². The zero-order valence-corrected chi connectivity index (χ0v) is 13.0. The van der Waals surface area contributed by atoms with Crippen molar-refractivity contribution in [3.05, 3.63) is 12.3 Å². The highest BCUT2D eigenvalue weighted by atomic mass is 16.4. The number of carbonyl (C=O) groups excluding carboxylic acids is 1. The van der Waals surface area contributed by atoms with Gasteiger partial charge in [0, 0.05) is 33.4 Å². The number of nitrogens with one attached hydrogen (secondary N) is 1. The maximum atomic E-state index is 12.3. The summed E-state index contributed by atoms with van der Waals surface area (Å²) in [6.07, 6.45) is 2.16. The summed E-state index contributed by atoms with van der Waals surface area (Å²) >= 11 is 0. The van der Waals surface area contributed by atoms with Gasteiger partial charge < -0.3 is 14.9 Å². The van der Waals surface area contributed by atoms with E-state index in [0.717, 1.165) is 0 Å². The molecule has 2 rings (SSSR count). The summed E-state index contributed by atoms with van der Waals surface area (Å²) in [5.74, 6) is -0.351. The van der Waals surface area contributed by atoms with Crippen LogP contribution < -0.4 is 10.2 Å². The lowest BCUT2D eigenvalue weighted by Crippen LogP contribution is -2.47. The Balaban J connectivity index is 2.05. The molecule has 1 saturated heterocycles. The lowest BCUT2D eigenvalue weighted by molar-refractivity contribution is -0.143. The van der Waals surface area contributed by atoms with Crippen LogP contribution in [0.4, 0.5) is 16.6 Å². The molecule has 0 bridgehead atoms. The molecule has 2 unspecified atom stereocenters. The Morgan fingerprint density at radius 2 is 2.14 bits per heavy atom.